The molecule has 11 heteroatoms. The molecule has 33 heavy (non-hydrogen) atoms. The van der Waals surface area contributed by atoms with E-state index in [4.69, 9.17) is 32.7 Å². The van der Waals surface area contributed by atoms with Gasteiger partial charge in [-0.15, -0.1) is 23.2 Å². The zero-order valence-corrected chi connectivity index (χ0v) is 20.2. The Bertz CT molecular complexity index is 1120. The predicted molar refractivity (Wildman–Crippen MR) is 122 cm³/mol. The maximum absolute atomic E-state index is 12.2. The van der Waals surface area contributed by atoms with Crippen LogP contribution in [-0.2, 0) is 5.41 Å². The predicted octanol–water partition coefficient (Wildman–Crippen LogP) is 3.65. The van der Waals surface area contributed by atoms with Gasteiger partial charge in [-0.2, -0.15) is 15.3 Å². The lowest BCUT2D eigenvalue weighted by Gasteiger charge is -2.43. The number of hydrogen-bond acceptors (Lipinski definition) is 7. The van der Waals surface area contributed by atoms with E-state index in [1.165, 1.54) is 4.68 Å². The zero-order valence-electron chi connectivity index (χ0n) is 18.7. The lowest BCUT2D eigenvalue weighted by molar-refractivity contribution is 0.185. The lowest BCUT2D eigenvalue weighted by Crippen LogP contribution is -2.48. The fourth-order valence-electron chi connectivity index (χ4n) is 5.55. The third-order valence-corrected chi connectivity index (χ3v) is 8.19. The van der Waals surface area contributed by atoms with Gasteiger partial charge in [-0.1, -0.05) is 31.8 Å². The summed E-state index contributed by atoms with van der Waals surface area (Å²) in [6, 6.07) is 1.97. The lowest BCUT2D eigenvalue weighted by atomic mass is 9.69. The van der Waals surface area contributed by atoms with Crippen molar-refractivity contribution in [3.8, 4) is 6.07 Å². The fourth-order valence-corrected chi connectivity index (χ4v) is 7.02. The fraction of sp³-hybridized carbons (Fsp3) is 0.727. The van der Waals surface area contributed by atoms with E-state index in [-0.39, 0.29) is 34.5 Å². The Kier molecular flexibility index (Phi) is 6.96. The molecule has 2 aliphatic carbocycles. The number of nitriles is 1. The summed E-state index contributed by atoms with van der Waals surface area (Å²) >= 11 is 13.7. The molecule has 4 rings (SSSR count). The summed E-state index contributed by atoms with van der Waals surface area (Å²) in [4.78, 5) is 30.5. The van der Waals surface area contributed by atoms with E-state index in [0.717, 1.165) is 31.9 Å². The van der Waals surface area contributed by atoms with Gasteiger partial charge < -0.3 is 4.52 Å². The SMILES string of the molecule is CC(C)(c1noc(C2CCCCC2CC#N)n1)C1C(Cl)CC(n2ncc(=O)[nH]c2=O)CC1Cl. The van der Waals surface area contributed by atoms with Crippen molar-refractivity contribution in [3.05, 3.63) is 38.8 Å². The van der Waals surface area contributed by atoms with Crippen LogP contribution in [0, 0.1) is 23.2 Å². The number of halogens is 2. The highest BCUT2D eigenvalue weighted by atomic mass is 35.5. The largest absolute Gasteiger partial charge is 0.345 e. The van der Waals surface area contributed by atoms with Gasteiger partial charge in [-0.3, -0.25) is 9.78 Å². The van der Waals surface area contributed by atoms with Crippen LogP contribution < -0.4 is 11.2 Å². The molecule has 0 amide bonds. The van der Waals surface area contributed by atoms with Crippen LogP contribution in [0.5, 0.6) is 0 Å². The Morgan fingerprint density at radius 2 is 1.94 bits per heavy atom. The van der Waals surface area contributed by atoms with Crippen molar-refractivity contribution < 1.29 is 4.52 Å². The average Bonchev–Trinajstić information content (AvgIpc) is 3.25. The molecular weight excluding hydrogens is 467 g/mol. The van der Waals surface area contributed by atoms with Gasteiger partial charge in [0.25, 0.3) is 5.56 Å². The Balaban J connectivity index is 1.54. The van der Waals surface area contributed by atoms with Gasteiger partial charge in [-0.25, -0.2) is 9.48 Å². The third kappa shape index (κ3) is 4.73. The van der Waals surface area contributed by atoms with Crippen LogP contribution in [0.3, 0.4) is 0 Å². The number of alkyl halides is 2. The highest BCUT2D eigenvalue weighted by molar-refractivity contribution is 6.24. The molecule has 0 aliphatic heterocycles. The van der Waals surface area contributed by atoms with Crippen molar-refractivity contribution in [2.24, 2.45) is 11.8 Å². The minimum absolute atomic E-state index is 0.1000. The monoisotopic (exact) mass is 494 g/mol. The molecule has 2 fully saturated rings. The van der Waals surface area contributed by atoms with Crippen molar-refractivity contribution in [3.63, 3.8) is 0 Å². The van der Waals surface area contributed by atoms with Gasteiger partial charge in [-0.05, 0) is 31.6 Å². The van der Waals surface area contributed by atoms with Crippen molar-refractivity contribution in [1.82, 2.24) is 24.9 Å². The van der Waals surface area contributed by atoms with Crippen molar-refractivity contribution in [2.45, 2.75) is 86.9 Å². The normalized spacial score (nSPS) is 30.6. The van der Waals surface area contributed by atoms with E-state index in [1.54, 1.807) is 0 Å². The first-order valence-corrected chi connectivity index (χ1v) is 12.3. The number of H-pyrrole nitrogens is 1. The molecule has 0 aromatic carbocycles. The highest BCUT2D eigenvalue weighted by Gasteiger charge is 2.48. The van der Waals surface area contributed by atoms with Crippen LogP contribution in [0.4, 0.5) is 0 Å². The number of aromatic amines is 1. The molecule has 2 aliphatic rings. The average molecular weight is 495 g/mol. The van der Waals surface area contributed by atoms with Gasteiger partial charge in [0.2, 0.25) is 5.89 Å². The first kappa shape index (κ1) is 24.0. The second-order valence-electron chi connectivity index (χ2n) is 9.76. The summed E-state index contributed by atoms with van der Waals surface area (Å²) in [6.07, 6.45) is 6.64. The van der Waals surface area contributed by atoms with E-state index >= 15 is 0 Å². The zero-order chi connectivity index (χ0) is 23.8. The molecule has 0 spiro atoms. The van der Waals surface area contributed by atoms with E-state index in [2.05, 4.69) is 21.3 Å². The van der Waals surface area contributed by atoms with Crippen molar-refractivity contribution in [1.29, 1.82) is 5.26 Å². The van der Waals surface area contributed by atoms with Crippen molar-refractivity contribution >= 4 is 23.2 Å². The van der Waals surface area contributed by atoms with Gasteiger partial charge in [0.05, 0.1) is 12.1 Å². The first-order valence-electron chi connectivity index (χ1n) is 11.4. The van der Waals surface area contributed by atoms with Gasteiger partial charge in [0.15, 0.2) is 5.82 Å². The number of nitrogens with one attached hydrogen (secondary N) is 1. The number of nitrogens with zero attached hydrogens (tertiary/aromatic N) is 5. The molecular formula is C22H28Cl2N6O3. The van der Waals surface area contributed by atoms with E-state index in [0.29, 0.717) is 31.0 Å². The maximum atomic E-state index is 12.2. The Morgan fingerprint density at radius 1 is 1.24 bits per heavy atom. The minimum atomic E-state index is -0.575. The third-order valence-electron chi connectivity index (χ3n) is 7.29. The van der Waals surface area contributed by atoms with Gasteiger partial charge in [0.1, 0.15) is 6.20 Å². The molecule has 9 nitrogen and oxygen atoms in total. The molecule has 2 heterocycles. The molecule has 0 saturated heterocycles. The Morgan fingerprint density at radius 3 is 2.61 bits per heavy atom. The Hall–Kier alpha value is -2.18. The topological polar surface area (TPSA) is 130 Å². The van der Waals surface area contributed by atoms with Crippen LogP contribution in [0.25, 0.3) is 0 Å². The quantitative estimate of drug-likeness (QED) is 0.627. The molecule has 4 unspecified atom stereocenters. The first-order chi connectivity index (χ1) is 15.7. The maximum Gasteiger partial charge on any atom is 0.345 e. The van der Waals surface area contributed by atoms with E-state index < -0.39 is 16.7 Å². The van der Waals surface area contributed by atoms with Crippen LogP contribution in [0.1, 0.15) is 82.5 Å². The summed E-state index contributed by atoms with van der Waals surface area (Å²) in [5.74, 6) is 1.30. The summed E-state index contributed by atoms with van der Waals surface area (Å²) in [6.45, 7) is 4.02. The number of hydrogen-bond donors (Lipinski definition) is 1. The highest BCUT2D eigenvalue weighted by Crippen LogP contribution is 2.47. The van der Waals surface area contributed by atoms with E-state index in [9.17, 15) is 14.9 Å². The smallest absolute Gasteiger partial charge is 0.339 e. The van der Waals surface area contributed by atoms with Crippen LogP contribution in [0.2, 0.25) is 0 Å². The number of rotatable bonds is 5. The standard InChI is InChI=1S/C22H28Cl2N6O3/c1-22(2,20-28-19(33-29-20)14-6-4-3-5-12(14)7-8-25)18-15(23)9-13(10-16(18)24)30-21(32)27-17(31)11-26-30/h11-16,18H,3-7,9-10H2,1-2H3,(H,27,31,32). The molecule has 2 aromatic heterocycles. The molecule has 1 N–H and O–H groups in total. The molecule has 0 bridgehead atoms. The summed E-state index contributed by atoms with van der Waals surface area (Å²) in [5.41, 5.74) is -1.69. The van der Waals surface area contributed by atoms with Gasteiger partial charge >= 0.3 is 5.69 Å². The van der Waals surface area contributed by atoms with Crippen LogP contribution in [0.15, 0.2) is 20.3 Å². The summed E-state index contributed by atoms with van der Waals surface area (Å²) in [7, 11) is 0. The summed E-state index contributed by atoms with van der Waals surface area (Å²) in [5, 5.41) is 16.7. The molecule has 0 radical (unpaired) electrons. The Labute approximate surface area is 201 Å². The molecule has 2 aromatic rings. The van der Waals surface area contributed by atoms with Gasteiger partial charge in [0, 0.05) is 34.4 Å². The summed E-state index contributed by atoms with van der Waals surface area (Å²) < 4.78 is 6.95. The second-order valence-corrected chi connectivity index (χ2v) is 10.9. The molecule has 4 atom stereocenters. The molecule has 2 saturated carbocycles. The van der Waals surface area contributed by atoms with E-state index in [1.807, 2.05) is 13.8 Å². The number of aromatic nitrogens is 5. The van der Waals surface area contributed by atoms with Crippen LogP contribution in [-0.4, -0.2) is 35.7 Å². The van der Waals surface area contributed by atoms with Crippen molar-refractivity contribution in [2.75, 3.05) is 0 Å². The molecule has 178 valence electrons. The minimum Gasteiger partial charge on any atom is -0.339 e. The second kappa shape index (κ2) is 9.59. The van der Waals surface area contributed by atoms with Crippen LogP contribution >= 0.6 is 23.2 Å².